The number of rotatable bonds is 5. The second-order valence-corrected chi connectivity index (χ2v) is 5.15. The minimum Gasteiger partial charge on any atom is -0.393 e. The van der Waals surface area contributed by atoms with E-state index in [1.54, 1.807) is 6.20 Å². The third-order valence-electron chi connectivity index (χ3n) is 2.46. The van der Waals surface area contributed by atoms with Crippen LogP contribution in [-0.2, 0) is 6.54 Å². The Morgan fingerprint density at radius 1 is 1.67 bits per heavy atom. The molecule has 0 unspecified atom stereocenters. The van der Waals surface area contributed by atoms with E-state index in [9.17, 15) is 0 Å². The first-order valence-corrected chi connectivity index (χ1v) is 5.68. The fourth-order valence-corrected chi connectivity index (χ4v) is 1.53. The van der Waals surface area contributed by atoms with Gasteiger partial charge in [-0.05, 0) is 12.8 Å². The molecule has 1 aromatic heterocycles. The predicted octanol–water partition coefficient (Wildman–Crippen LogP) is 2.63. The van der Waals surface area contributed by atoms with Crippen LogP contribution in [-0.4, -0.2) is 14.8 Å². The molecule has 2 N–H and O–H groups in total. The van der Waals surface area contributed by atoms with E-state index >= 15 is 0 Å². The molecule has 0 aliphatic heterocycles. The van der Waals surface area contributed by atoms with Crippen LogP contribution < -0.4 is 5.73 Å². The zero-order chi connectivity index (χ0) is 11.5. The van der Waals surface area contributed by atoms with Crippen molar-refractivity contribution in [1.29, 1.82) is 0 Å². The third-order valence-corrected chi connectivity index (χ3v) is 3.21. The Morgan fingerprint density at radius 2 is 2.33 bits per heavy atom. The summed E-state index contributed by atoms with van der Waals surface area (Å²) < 4.78 is 1.83. The summed E-state index contributed by atoms with van der Waals surface area (Å²) in [5.74, 6) is 0. The van der Waals surface area contributed by atoms with E-state index in [1.165, 1.54) is 0 Å². The highest BCUT2D eigenvalue weighted by Crippen LogP contribution is 2.22. The summed E-state index contributed by atoms with van der Waals surface area (Å²) in [5.41, 5.74) is 5.56. The number of halogens is 1. The number of hydrogen-bond donors (Lipinski definition) is 1. The molecule has 1 rings (SSSR count). The lowest BCUT2D eigenvalue weighted by Crippen LogP contribution is -2.29. The molecule has 0 amide bonds. The van der Waals surface area contributed by atoms with Crippen LogP contribution in [0.4, 0.5) is 0 Å². The minimum atomic E-state index is -0.0771. The van der Waals surface area contributed by atoms with Crippen molar-refractivity contribution in [3.63, 3.8) is 0 Å². The summed E-state index contributed by atoms with van der Waals surface area (Å²) in [7, 11) is 0. The van der Waals surface area contributed by atoms with Gasteiger partial charge >= 0.3 is 0 Å². The Morgan fingerprint density at radius 3 is 2.80 bits per heavy atom. The van der Waals surface area contributed by atoms with Crippen molar-refractivity contribution in [2.75, 3.05) is 0 Å². The van der Waals surface area contributed by atoms with Crippen LogP contribution in [0.2, 0.25) is 5.02 Å². The molecule has 0 spiro atoms. The fraction of sp³-hybridized carbons (Fsp3) is 0.600. The summed E-state index contributed by atoms with van der Waals surface area (Å²) in [6, 6.07) is 0. The average molecular weight is 246 g/mol. The SMILES string of the molecule is CC(C)(CCCn1cc(Cl)cn1)C(N)=S. The molecule has 0 saturated carbocycles. The predicted molar refractivity (Wildman–Crippen MR) is 67.0 cm³/mol. The largest absolute Gasteiger partial charge is 0.393 e. The molecule has 5 heteroatoms. The highest BCUT2D eigenvalue weighted by Gasteiger charge is 2.20. The Hall–Kier alpha value is -0.610. The van der Waals surface area contributed by atoms with Crippen molar-refractivity contribution in [1.82, 2.24) is 9.78 Å². The number of aromatic nitrogens is 2. The van der Waals surface area contributed by atoms with Gasteiger partial charge in [0.25, 0.3) is 0 Å². The smallest absolute Gasteiger partial charge is 0.0785 e. The van der Waals surface area contributed by atoms with E-state index in [-0.39, 0.29) is 5.41 Å². The van der Waals surface area contributed by atoms with Crippen molar-refractivity contribution >= 4 is 28.8 Å². The van der Waals surface area contributed by atoms with Gasteiger partial charge in [-0.2, -0.15) is 5.10 Å². The molecule has 0 bridgehead atoms. The van der Waals surface area contributed by atoms with Crippen LogP contribution in [0, 0.1) is 5.41 Å². The van der Waals surface area contributed by atoms with Gasteiger partial charge in [-0.3, -0.25) is 4.68 Å². The molecular formula is C10H16ClN3S. The van der Waals surface area contributed by atoms with Gasteiger partial charge in [0.2, 0.25) is 0 Å². The second-order valence-electron chi connectivity index (χ2n) is 4.27. The molecule has 1 heterocycles. The van der Waals surface area contributed by atoms with E-state index in [0.29, 0.717) is 10.0 Å². The molecular weight excluding hydrogens is 230 g/mol. The van der Waals surface area contributed by atoms with Crippen molar-refractivity contribution in [3.8, 4) is 0 Å². The van der Waals surface area contributed by atoms with Crippen LogP contribution >= 0.6 is 23.8 Å². The first-order valence-electron chi connectivity index (χ1n) is 4.90. The Kier molecular flexibility index (Phi) is 4.11. The van der Waals surface area contributed by atoms with Gasteiger partial charge in [0.15, 0.2) is 0 Å². The van der Waals surface area contributed by atoms with E-state index in [1.807, 2.05) is 10.9 Å². The van der Waals surface area contributed by atoms with Crippen LogP contribution in [0.5, 0.6) is 0 Å². The Labute approximate surface area is 101 Å². The number of hydrogen-bond acceptors (Lipinski definition) is 2. The normalized spacial score (nSPS) is 11.7. The van der Waals surface area contributed by atoms with Gasteiger partial charge in [-0.15, -0.1) is 0 Å². The van der Waals surface area contributed by atoms with Gasteiger partial charge in [0.05, 0.1) is 16.2 Å². The van der Waals surface area contributed by atoms with Crippen molar-refractivity contribution < 1.29 is 0 Å². The van der Waals surface area contributed by atoms with E-state index in [0.717, 1.165) is 19.4 Å². The molecule has 0 saturated heterocycles. The molecule has 84 valence electrons. The molecule has 0 aliphatic carbocycles. The van der Waals surface area contributed by atoms with Gasteiger partial charge in [0, 0.05) is 18.2 Å². The van der Waals surface area contributed by atoms with Gasteiger partial charge in [-0.1, -0.05) is 37.7 Å². The maximum Gasteiger partial charge on any atom is 0.0785 e. The summed E-state index contributed by atoms with van der Waals surface area (Å²) in [4.78, 5) is 0.570. The summed E-state index contributed by atoms with van der Waals surface area (Å²) in [6.45, 7) is 4.97. The summed E-state index contributed by atoms with van der Waals surface area (Å²) in [5, 5.41) is 4.77. The van der Waals surface area contributed by atoms with E-state index in [4.69, 9.17) is 29.6 Å². The van der Waals surface area contributed by atoms with Crippen molar-refractivity contribution in [3.05, 3.63) is 17.4 Å². The van der Waals surface area contributed by atoms with Crippen molar-refractivity contribution in [2.24, 2.45) is 11.1 Å². The molecule has 3 nitrogen and oxygen atoms in total. The number of aryl methyl sites for hydroxylation is 1. The highest BCUT2D eigenvalue weighted by molar-refractivity contribution is 7.80. The Balaban J connectivity index is 2.36. The van der Waals surface area contributed by atoms with Gasteiger partial charge < -0.3 is 5.73 Å². The lowest BCUT2D eigenvalue weighted by Gasteiger charge is -2.22. The van der Waals surface area contributed by atoms with Gasteiger partial charge in [-0.25, -0.2) is 0 Å². The quantitative estimate of drug-likeness (QED) is 0.812. The maximum absolute atomic E-state index is 5.76. The van der Waals surface area contributed by atoms with E-state index < -0.39 is 0 Å². The molecule has 0 aliphatic rings. The number of thiocarbonyl (C=S) groups is 1. The molecule has 0 fully saturated rings. The fourth-order valence-electron chi connectivity index (χ4n) is 1.27. The summed E-state index contributed by atoms with van der Waals surface area (Å²) in [6.07, 6.45) is 5.40. The highest BCUT2D eigenvalue weighted by atomic mass is 35.5. The summed E-state index contributed by atoms with van der Waals surface area (Å²) >= 11 is 10.8. The first-order chi connectivity index (χ1) is 6.92. The van der Waals surface area contributed by atoms with Crippen LogP contribution in [0.1, 0.15) is 26.7 Å². The number of nitrogens with two attached hydrogens (primary N) is 1. The Bertz CT molecular complexity index is 346. The zero-order valence-corrected chi connectivity index (χ0v) is 10.6. The second kappa shape index (κ2) is 4.94. The third kappa shape index (κ3) is 3.80. The standard InChI is InChI=1S/C10H16ClN3S/c1-10(2,9(12)15)4-3-5-14-7-8(11)6-13-14/h6-7H,3-5H2,1-2H3,(H2,12,15). The lowest BCUT2D eigenvalue weighted by atomic mass is 9.88. The number of nitrogens with zero attached hydrogens (tertiary/aromatic N) is 2. The lowest BCUT2D eigenvalue weighted by molar-refractivity contribution is 0.426. The zero-order valence-electron chi connectivity index (χ0n) is 9.03. The first kappa shape index (κ1) is 12.5. The molecule has 1 aromatic rings. The molecule has 0 aromatic carbocycles. The maximum atomic E-state index is 5.76. The van der Waals surface area contributed by atoms with Crippen LogP contribution in [0.25, 0.3) is 0 Å². The topological polar surface area (TPSA) is 43.8 Å². The van der Waals surface area contributed by atoms with E-state index in [2.05, 4.69) is 18.9 Å². The molecule has 0 radical (unpaired) electrons. The molecule has 15 heavy (non-hydrogen) atoms. The monoisotopic (exact) mass is 245 g/mol. The van der Waals surface area contributed by atoms with Crippen LogP contribution in [0.15, 0.2) is 12.4 Å². The van der Waals surface area contributed by atoms with Gasteiger partial charge in [0.1, 0.15) is 0 Å². The van der Waals surface area contributed by atoms with Crippen molar-refractivity contribution in [2.45, 2.75) is 33.2 Å². The minimum absolute atomic E-state index is 0.0771. The van der Waals surface area contributed by atoms with Crippen LogP contribution in [0.3, 0.4) is 0 Å². The molecule has 0 atom stereocenters. The average Bonchev–Trinajstić information content (AvgIpc) is 2.51.